The number of ether oxygens (including phenoxy) is 1. The topological polar surface area (TPSA) is 108 Å². The predicted octanol–water partition coefficient (Wildman–Crippen LogP) is 2.46. The van der Waals surface area contributed by atoms with Crippen molar-refractivity contribution < 1.29 is 24.2 Å². The Bertz CT molecular complexity index is 768. The molecule has 0 aliphatic carbocycles. The number of hydrogen-bond acceptors (Lipinski definition) is 5. The lowest BCUT2D eigenvalue weighted by atomic mass is 10.0. The third-order valence-electron chi connectivity index (χ3n) is 4.16. The third-order valence-corrected chi connectivity index (χ3v) is 4.16. The summed E-state index contributed by atoms with van der Waals surface area (Å²) in [5.41, 5.74) is 0.844. The van der Waals surface area contributed by atoms with Gasteiger partial charge in [-0.15, -0.1) is 6.58 Å². The first kappa shape index (κ1) is 26.2. The molecule has 0 aliphatic heterocycles. The molecule has 0 bridgehead atoms. The number of carbonyl (C=O) groups excluding carboxylic acids is 3. The van der Waals surface area contributed by atoms with Gasteiger partial charge in [-0.25, -0.2) is 4.79 Å². The van der Waals surface area contributed by atoms with Gasteiger partial charge in [-0.1, -0.05) is 35.9 Å². The zero-order valence-electron chi connectivity index (χ0n) is 19.3. The van der Waals surface area contributed by atoms with Crippen LogP contribution in [0.5, 0.6) is 0 Å². The Hall–Kier alpha value is -2.87. The molecule has 0 saturated heterocycles. The second-order valence-corrected chi connectivity index (χ2v) is 8.64. The van der Waals surface area contributed by atoms with Crippen LogP contribution in [0.25, 0.3) is 0 Å². The summed E-state index contributed by atoms with van der Waals surface area (Å²) in [6.45, 7) is 13.7. The molecule has 0 saturated carbocycles. The first-order chi connectivity index (χ1) is 14.4. The smallest absolute Gasteiger partial charge is 0.408 e. The van der Waals surface area contributed by atoms with Gasteiger partial charge >= 0.3 is 6.09 Å². The highest BCUT2D eigenvalue weighted by molar-refractivity contribution is 5.92. The Kier molecular flexibility index (Phi) is 9.71. The van der Waals surface area contributed by atoms with Gasteiger partial charge in [0.1, 0.15) is 17.7 Å². The van der Waals surface area contributed by atoms with E-state index >= 15 is 0 Å². The molecule has 2 atom stereocenters. The van der Waals surface area contributed by atoms with Gasteiger partial charge in [-0.3, -0.25) is 9.59 Å². The molecule has 0 fully saturated rings. The molecule has 0 aromatic heterocycles. The lowest BCUT2D eigenvalue weighted by Gasteiger charge is -2.33. The normalized spacial score (nSPS) is 13.2. The van der Waals surface area contributed by atoms with Gasteiger partial charge in [0.2, 0.25) is 11.8 Å². The van der Waals surface area contributed by atoms with E-state index in [9.17, 15) is 19.5 Å². The summed E-state index contributed by atoms with van der Waals surface area (Å²) in [5, 5.41) is 15.0. The molecule has 2 unspecified atom stereocenters. The minimum absolute atomic E-state index is 0.0371. The maximum Gasteiger partial charge on any atom is 0.408 e. The SMILES string of the molecule is C=CCN(C(=O)C(CO)NC(=O)OC(C)(C)C)C(C(=O)NC(C)C)c1ccc(C)cc1. The number of carbonyl (C=O) groups is 3. The van der Waals surface area contributed by atoms with Crippen molar-refractivity contribution >= 4 is 17.9 Å². The van der Waals surface area contributed by atoms with Crippen LogP contribution in [-0.2, 0) is 14.3 Å². The maximum absolute atomic E-state index is 13.3. The van der Waals surface area contributed by atoms with Crippen molar-refractivity contribution in [3.63, 3.8) is 0 Å². The number of nitrogens with one attached hydrogen (secondary N) is 2. The van der Waals surface area contributed by atoms with Crippen molar-refractivity contribution in [2.75, 3.05) is 13.2 Å². The summed E-state index contributed by atoms with van der Waals surface area (Å²) >= 11 is 0. The zero-order chi connectivity index (χ0) is 23.8. The van der Waals surface area contributed by atoms with E-state index < -0.39 is 36.3 Å². The highest BCUT2D eigenvalue weighted by Gasteiger charge is 2.35. The molecule has 31 heavy (non-hydrogen) atoms. The number of aliphatic hydroxyl groups excluding tert-OH is 1. The molecule has 172 valence electrons. The average Bonchev–Trinajstić information content (AvgIpc) is 2.64. The first-order valence-electron chi connectivity index (χ1n) is 10.3. The van der Waals surface area contributed by atoms with Gasteiger partial charge in [-0.05, 0) is 47.1 Å². The molecule has 0 aliphatic rings. The second-order valence-electron chi connectivity index (χ2n) is 8.64. The lowest BCUT2D eigenvalue weighted by molar-refractivity contribution is -0.142. The van der Waals surface area contributed by atoms with Gasteiger partial charge in [0, 0.05) is 12.6 Å². The molecule has 0 spiro atoms. The minimum Gasteiger partial charge on any atom is -0.444 e. The minimum atomic E-state index is -1.28. The highest BCUT2D eigenvalue weighted by atomic mass is 16.6. The van der Waals surface area contributed by atoms with Gasteiger partial charge in [-0.2, -0.15) is 0 Å². The summed E-state index contributed by atoms with van der Waals surface area (Å²) in [6.07, 6.45) is 0.654. The molecule has 1 aromatic carbocycles. The van der Waals surface area contributed by atoms with E-state index in [2.05, 4.69) is 17.2 Å². The number of aliphatic hydroxyl groups is 1. The van der Waals surface area contributed by atoms with Crippen LogP contribution in [0.2, 0.25) is 0 Å². The van der Waals surface area contributed by atoms with E-state index in [1.54, 1.807) is 32.9 Å². The van der Waals surface area contributed by atoms with Gasteiger partial charge in [0.15, 0.2) is 0 Å². The van der Waals surface area contributed by atoms with E-state index in [-0.39, 0.29) is 18.5 Å². The molecule has 8 nitrogen and oxygen atoms in total. The van der Waals surface area contributed by atoms with E-state index in [1.807, 2.05) is 32.9 Å². The Morgan fingerprint density at radius 1 is 1.16 bits per heavy atom. The van der Waals surface area contributed by atoms with Crippen LogP contribution in [0, 0.1) is 6.92 Å². The van der Waals surface area contributed by atoms with Crippen molar-refractivity contribution in [1.82, 2.24) is 15.5 Å². The fraction of sp³-hybridized carbons (Fsp3) is 0.522. The van der Waals surface area contributed by atoms with Crippen molar-refractivity contribution in [2.45, 2.75) is 65.3 Å². The number of hydrogen-bond donors (Lipinski definition) is 3. The molecule has 3 N–H and O–H groups in total. The molecular weight excluding hydrogens is 398 g/mol. The van der Waals surface area contributed by atoms with E-state index in [1.165, 1.54) is 11.0 Å². The summed E-state index contributed by atoms with van der Waals surface area (Å²) in [4.78, 5) is 39.8. The number of nitrogens with zero attached hydrogens (tertiary/aromatic N) is 1. The molecular formula is C23H35N3O5. The van der Waals surface area contributed by atoms with Crippen LogP contribution in [0.1, 0.15) is 51.8 Å². The fourth-order valence-corrected chi connectivity index (χ4v) is 2.88. The molecule has 8 heteroatoms. The standard InChI is InChI=1S/C23H35N3O5/c1-8-13-26(21(29)18(14-27)25-22(30)31-23(5,6)7)19(20(28)24-15(2)3)17-11-9-16(4)10-12-17/h8-12,15,18-19,27H,1,13-14H2,2-7H3,(H,24,28)(H,25,30). The molecule has 1 aromatic rings. The van der Waals surface area contributed by atoms with E-state index in [0.29, 0.717) is 5.56 Å². The summed E-state index contributed by atoms with van der Waals surface area (Å²) in [6, 6.07) is 4.86. The van der Waals surface area contributed by atoms with E-state index in [0.717, 1.165) is 5.56 Å². The van der Waals surface area contributed by atoms with Crippen LogP contribution in [0.3, 0.4) is 0 Å². The molecule has 0 heterocycles. The maximum atomic E-state index is 13.3. The van der Waals surface area contributed by atoms with Crippen LogP contribution in [0.4, 0.5) is 4.79 Å². The van der Waals surface area contributed by atoms with Crippen molar-refractivity contribution in [2.24, 2.45) is 0 Å². The summed E-state index contributed by atoms with van der Waals surface area (Å²) in [7, 11) is 0. The number of aryl methyl sites for hydroxylation is 1. The van der Waals surface area contributed by atoms with Crippen LogP contribution >= 0.6 is 0 Å². The molecule has 0 radical (unpaired) electrons. The van der Waals surface area contributed by atoms with Gasteiger partial charge < -0.3 is 25.4 Å². The molecule has 1 rings (SSSR count). The highest BCUT2D eigenvalue weighted by Crippen LogP contribution is 2.23. The molecule has 3 amide bonds. The number of amides is 3. The average molecular weight is 434 g/mol. The van der Waals surface area contributed by atoms with Crippen molar-refractivity contribution in [1.29, 1.82) is 0 Å². The Morgan fingerprint density at radius 2 is 1.74 bits per heavy atom. The Labute approximate surface area is 184 Å². The zero-order valence-corrected chi connectivity index (χ0v) is 19.3. The monoisotopic (exact) mass is 433 g/mol. The largest absolute Gasteiger partial charge is 0.444 e. The lowest BCUT2D eigenvalue weighted by Crippen LogP contribution is -2.54. The number of alkyl carbamates (subject to hydrolysis) is 1. The number of benzene rings is 1. The van der Waals surface area contributed by atoms with Gasteiger partial charge in [0.25, 0.3) is 0 Å². The fourth-order valence-electron chi connectivity index (χ4n) is 2.88. The van der Waals surface area contributed by atoms with Crippen molar-refractivity contribution in [3.8, 4) is 0 Å². The van der Waals surface area contributed by atoms with Crippen LogP contribution in [-0.4, -0.2) is 58.8 Å². The predicted molar refractivity (Wildman–Crippen MR) is 119 cm³/mol. The first-order valence-corrected chi connectivity index (χ1v) is 10.3. The van der Waals surface area contributed by atoms with E-state index in [4.69, 9.17) is 4.74 Å². The Balaban J connectivity index is 3.29. The number of rotatable bonds is 9. The Morgan fingerprint density at radius 3 is 2.19 bits per heavy atom. The second kappa shape index (κ2) is 11.5. The van der Waals surface area contributed by atoms with Crippen LogP contribution < -0.4 is 10.6 Å². The van der Waals surface area contributed by atoms with Gasteiger partial charge in [0.05, 0.1) is 6.61 Å². The third kappa shape index (κ3) is 8.41. The summed E-state index contributed by atoms with van der Waals surface area (Å²) in [5.74, 6) is -0.999. The van der Waals surface area contributed by atoms with Crippen molar-refractivity contribution in [3.05, 3.63) is 48.0 Å². The van der Waals surface area contributed by atoms with Crippen LogP contribution in [0.15, 0.2) is 36.9 Å². The quantitative estimate of drug-likeness (QED) is 0.519. The summed E-state index contributed by atoms with van der Waals surface area (Å²) < 4.78 is 5.19.